The van der Waals surface area contributed by atoms with Gasteiger partial charge in [0.2, 0.25) is 0 Å². The highest BCUT2D eigenvalue weighted by atomic mass is 31.1. The molecule has 2 nitrogen and oxygen atoms in total. The Balaban J connectivity index is 2.56. The van der Waals surface area contributed by atoms with Gasteiger partial charge in [-0.25, -0.2) is 0 Å². The molecule has 1 radical (unpaired) electrons. The molecule has 0 aliphatic heterocycles. The first kappa shape index (κ1) is 7.06. The van der Waals surface area contributed by atoms with Gasteiger partial charge in [0.25, 0.3) is 0 Å². The minimum Gasteiger partial charge on any atom is -0.306 e. The van der Waals surface area contributed by atoms with Crippen LogP contribution in [-0.2, 0) is 9.09 Å². The van der Waals surface area contributed by atoms with Crippen molar-refractivity contribution in [2.24, 2.45) is 0 Å². The normalized spacial score (nSPS) is 9.86. The van der Waals surface area contributed by atoms with E-state index in [0.717, 1.165) is 12.8 Å². The highest BCUT2D eigenvalue weighted by Crippen LogP contribution is 1.96. The van der Waals surface area contributed by atoms with Gasteiger partial charge in [-0.1, -0.05) is 13.3 Å². The van der Waals surface area contributed by atoms with Crippen LogP contribution in [0.2, 0.25) is 0 Å². The van der Waals surface area contributed by atoms with Crippen LogP contribution in [0.4, 0.5) is 0 Å². The van der Waals surface area contributed by atoms with E-state index in [1.165, 1.54) is 0 Å². The van der Waals surface area contributed by atoms with Crippen LogP contribution in [0.25, 0.3) is 0 Å². The van der Waals surface area contributed by atoms with E-state index in [9.17, 15) is 4.57 Å². The lowest BCUT2D eigenvalue weighted by atomic mass is 10.4. The van der Waals surface area contributed by atoms with E-state index in [1.807, 2.05) is 0 Å². The summed E-state index contributed by atoms with van der Waals surface area (Å²) in [7, 11) is -0.582. The van der Waals surface area contributed by atoms with Gasteiger partial charge in [-0.3, -0.25) is 4.57 Å². The maximum absolute atomic E-state index is 9.61. The van der Waals surface area contributed by atoms with Crippen molar-refractivity contribution in [3.8, 4) is 0 Å². The fourth-order valence-electron chi connectivity index (χ4n) is 0.258. The van der Waals surface area contributed by atoms with Gasteiger partial charge in [0.05, 0.1) is 6.61 Å². The maximum atomic E-state index is 9.61. The highest BCUT2D eigenvalue weighted by Gasteiger charge is 1.78. The Labute approximate surface area is 45.2 Å². The number of hydrogen-bond donors (Lipinski definition) is 0. The van der Waals surface area contributed by atoms with E-state index in [1.54, 1.807) is 0 Å². The van der Waals surface area contributed by atoms with Gasteiger partial charge in [-0.15, -0.1) is 0 Å². The lowest BCUT2D eigenvalue weighted by Crippen LogP contribution is -1.79. The SMILES string of the molecule is CCCCO[PH]=O. The summed E-state index contributed by atoms with van der Waals surface area (Å²) in [4.78, 5) is 0. The third-order valence-corrected chi connectivity index (χ3v) is 0.981. The second-order valence-electron chi connectivity index (χ2n) is 1.29. The zero-order chi connectivity index (χ0) is 5.54. The molecule has 0 spiro atoms. The lowest BCUT2D eigenvalue weighted by molar-refractivity contribution is 0.334. The van der Waals surface area contributed by atoms with Crippen molar-refractivity contribution in [3.05, 3.63) is 0 Å². The molecule has 0 aromatic rings. The number of unbranched alkanes of at least 4 members (excludes halogenated alkanes) is 1. The number of rotatable bonds is 4. The molecule has 43 valence electrons. The molecule has 0 heterocycles. The van der Waals surface area contributed by atoms with Crippen molar-refractivity contribution < 1.29 is 9.09 Å². The summed E-state index contributed by atoms with van der Waals surface area (Å²) in [5, 5.41) is 0. The second kappa shape index (κ2) is 6.06. The second-order valence-corrected chi connectivity index (χ2v) is 1.74. The Hall–Kier alpha value is 0.0600. The van der Waals surface area contributed by atoms with Crippen LogP contribution in [0.15, 0.2) is 0 Å². The standard InChI is InChI=1S/C4H10O2P/c1-2-3-4-6-7-5/h7H,2-4H2,1H3. The summed E-state index contributed by atoms with van der Waals surface area (Å²) < 4.78 is 14.2. The molecule has 0 saturated carbocycles. The van der Waals surface area contributed by atoms with E-state index in [4.69, 9.17) is 0 Å². The Morgan fingerprint density at radius 2 is 2.43 bits per heavy atom. The molecule has 7 heavy (non-hydrogen) atoms. The molecular formula is C4H10O2P. The minimum atomic E-state index is -0.582. The predicted octanol–water partition coefficient (Wildman–Crippen LogP) is 1.74. The van der Waals surface area contributed by atoms with Gasteiger partial charge in [-0.05, 0) is 6.42 Å². The Kier molecular flexibility index (Phi) is 6.11. The lowest BCUT2D eigenvalue weighted by Gasteiger charge is -1.88. The molecule has 0 aliphatic rings. The van der Waals surface area contributed by atoms with Crippen molar-refractivity contribution >= 4 is 8.69 Å². The maximum Gasteiger partial charge on any atom is 0.198 e. The number of hydrogen-bond acceptors (Lipinski definition) is 2. The van der Waals surface area contributed by atoms with Crippen molar-refractivity contribution in [2.45, 2.75) is 19.8 Å². The van der Waals surface area contributed by atoms with Crippen LogP contribution in [0.3, 0.4) is 0 Å². The quantitative estimate of drug-likeness (QED) is 0.418. The van der Waals surface area contributed by atoms with Gasteiger partial charge in [0.1, 0.15) is 0 Å². The summed E-state index contributed by atoms with van der Waals surface area (Å²) >= 11 is 0. The molecule has 0 N–H and O–H groups in total. The summed E-state index contributed by atoms with van der Waals surface area (Å²) in [5.74, 6) is 0. The fourth-order valence-corrected chi connectivity index (χ4v) is 0.486. The molecule has 0 amide bonds. The first-order valence-corrected chi connectivity index (χ1v) is 3.22. The van der Waals surface area contributed by atoms with E-state index >= 15 is 0 Å². The Bertz CT molecular complexity index is 47.0. The Morgan fingerprint density at radius 3 is 2.86 bits per heavy atom. The third-order valence-electron chi connectivity index (χ3n) is 0.659. The van der Waals surface area contributed by atoms with E-state index in [0.29, 0.717) is 6.61 Å². The largest absolute Gasteiger partial charge is 0.306 e. The van der Waals surface area contributed by atoms with Crippen molar-refractivity contribution in [3.63, 3.8) is 0 Å². The fraction of sp³-hybridized carbons (Fsp3) is 1.00. The van der Waals surface area contributed by atoms with Crippen molar-refractivity contribution in [1.82, 2.24) is 0 Å². The van der Waals surface area contributed by atoms with Crippen molar-refractivity contribution in [1.29, 1.82) is 0 Å². The van der Waals surface area contributed by atoms with Gasteiger partial charge in [0, 0.05) is 0 Å². The van der Waals surface area contributed by atoms with Crippen LogP contribution in [0.1, 0.15) is 19.8 Å². The van der Waals surface area contributed by atoms with Crippen molar-refractivity contribution in [2.75, 3.05) is 6.61 Å². The molecule has 0 rings (SSSR count). The first-order chi connectivity index (χ1) is 3.41. The van der Waals surface area contributed by atoms with Crippen LogP contribution in [0.5, 0.6) is 0 Å². The van der Waals surface area contributed by atoms with Crippen LogP contribution in [0, 0.1) is 0 Å². The minimum absolute atomic E-state index is 0.582. The molecule has 1 unspecified atom stereocenters. The van der Waals surface area contributed by atoms with Crippen LogP contribution >= 0.6 is 8.69 Å². The highest BCUT2D eigenvalue weighted by molar-refractivity contribution is 7.17. The topological polar surface area (TPSA) is 26.3 Å². The summed E-state index contributed by atoms with van der Waals surface area (Å²) in [6, 6.07) is 0. The van der Waals surface area contributed by atoms with Gasteiger partial charge >= 0.3 is 0 Å². The zero-order valence-electron chi connectivity index (χ0n) is 4.44. The van der Waals surface area contributed by atoms with Gasteiger partial charge in [0.15, 0.2) is 8.69 Å². The molecule has 0 saturated heterocycles. The molecule has 0 aliphatic carbocycles. The molecule has 1 atom stereocenters. The molecule has 3 heteroatoms. The van der Waals surface area contributed by atoms with E-state index in [-0.39, 0.29) is 0 Å². The van der Waals surface area contributed by atoms with E-state index in [2.05, 4.69) is 11.4 Å². The first-order valence-electron chi connectivity index (χ1n) is 2.40. The summed E-state index contributed by atoms with van der Waals surface area (Å²) in [5.41, 5.74) is 0. The molecule has 0 aromatic heterocycles. The van der Waals surface area contributed by atoms with E-state index < -0.39 is 8.69 Å². The molecule has 0 fully saturated rings. The van der Waals surface area contributed by atoms with Crippen LogP contribution < -0.4 is 0 Å². The zero-order valence-corrected chi connectivity index (χ0v) is 5.44. The monoisotopic (exact) mass is 121 g/mol. The smallest absolute Gasteiger partial charge is 0.198 e. The average Bonchev–Trinajstić information content (AvgIpc) is 1.69. The summed E-state index contributed by atoms with van der Waals surface area (Å²) in [6.07, 6.45) is 2.11. The molecule has 0 bridgehead atoms. The predicted molar refractivity (Wildman–Crippen MR) is 29.9 cm³/mol. The van der Waals surface area contributed by atoms with Crippen LogP contribution in [-0.4, -0.2) is 6.61 Å². The Morgan fingerprint density at radius 1 is 1.71 bits per heavy atom. The van der Waals surface area contributed by atoms with Gasteiger partial charge in [-0.2, -0.15) is 0 Å². The summed E-state index contributed by atoms with van der Waals surface area (Å²) in [6.45, 7) is 2.70. The third kappa shape index (κ3) is 6.06. The molecule has 0 aromatic carbocycles. The average molecular weight is 121 g/mol. The van der Waals surface area contributed by atoms with Gasteiger partial charge < -0.3 is 4.52 Å². The molecular weight excluding hydrogens is 111 g/mol.